The van der Waals surface area contributed by atoms with Gasteiger partial charge in [0.25, 0.3) is 6.43 Å². The van der Waals surface area contributed by atoms with E-state index >= 15 is 0 Å². The number of aromatic nitrogens is 2. The van der Waals surface area contributed by atoms with Gasteiger partial charge in [0, 0.05) is 0 Å². The molecule has 0 N–H and O–H groups in total. The predicted octanol–water partition coefficient (Wildman–Crippen LogP) is 3.35. The summed E-state index contributed by atoms with van der Waals surface area (Å²) in [7, 11) is 1.43. The lowest BCUT2D eigenvalue weighted by molar-refractivity contribution is 0.143. The topological polar surface area (TPSA) is 27.1 Å². The number of hydrogen-bond acceptors (Lipinski definition) is 2. The summed E-state index contributed by atoms with van der Waals surface area (Å²) < 4.78 is 31.9. The SMILES string of the molecule is COc1c(Br)c(C(F)F)nn1C(C)(C)C. The molecule has 1 rings (SSSR count). The molecule has 1 aromatic rings. The van der Waals surface area contributed by atoms with Crippen molar-refractivity contribution in [1.29, 1.82) is 0 Å². The number of halogens is 3. The van der Waals surface area contributed by atoms with Crippen molar-refractivity contribution in [2.75, 3.05) is 7.11 Å². The summed E-state index contributed by atoms with van der Waals surface area (Å²) in [5, 5.41) is 3.85. The fourth-order valence-electron chi connectivity index (χ4n) is 1.17. The molecule has 86 valence electrons. The van der Waals surface area contributed by atoms with E-state index in [0.717, 1.165) is 0 Å². The maximum atomic E-state index is 12.6. The van der Waals surface area contributed by atoms with Crippen LogP contribution in [0.2, 0.25) is 0 Å². The van der Waals surface area contributed by atoms with Gasteiger partial charge >= 0.3 is 0 Å². The highest BCUT2D eigenvalue weighted by atomic mass is 79.9. The molecule has 0 saturated carbocycles. The summed E-state index contributed by atoms with van der Waals surface area (Å²) in [5.41, 5.74) is -0.692. The Kier molecular flexibility index (Phi) is 3.38. The van der Waals surface area contributed by atoms with E-state index in [2.05, 4.69) is 21.0 Å². The minimum Gasteiger partial charge on any atom is -0.480 e. The van der Waals surface area contributed by atoms with Gasteiger partial charge in [-0.2, -0.15) is 5.10 Å². The average molecular weight is 283 g/mol. The molecule has 0 aromatic carbocycles. The summed E-state index contributed by atoms with van der Waals surface area (Å²) in [6.45, 7) is 5.60. The van der Waals surface area contributed by atoms with E-state index in [0.29, 0.717) is 5.88 Å². The van der Waals surface area contributed by atoms with Gasteiger partial charge in [0.15, 0.2) is 0 Å². The minimum absolute atomic E-state index is 0.218. The largest absolute Gasteiger partial charge is 0.480 e. The second-order valence-electron chi connectivity index (χ2n) is 4.09. The maximum absolute atomic E-state index is 12.6. The summed E-state index contributed by atoms with van der Waals surface area (Å²) >= 11 is 3.07. The zero-order valence-electron chi connectivity index (χ0n) is 9.01. The summed E-state index contributed by atoms with van der Waals surface area (Å²) in [6, 6.07) is 0. The molecule has 0 spiro atoms. The zero-order valence-corrected chi connectivity index (χ0v) is 10.6. The highest BCUT2D eigenvalue weighted by molar-refractivity contribution is 9.10. The molecule has 0 aliphatic rings. The van der Waals surface area contributed by atoms with Crippen LogP contribution in [0.4, 0.5) is 8.78 Å². The van der Waals surface area contributed by atoms with Gasteiger partial charge < -0.3 is 4.74 Å². The van der Waals surface area contributed by atoms with Crippen molar-refractivity contribution >= 4 is 15.9 Å². The predicted molar refractivity (Wildman–Crippen MR) is 56.4 cm³/mol. The van der Waals surface area contributed by atoms with E-state index < -0.39 is 12.0 Å². The van der Waals surface area contributed by atoms with Crippen molar-refractivity contribution < 1.29 is 13.5 Å². The Bertz CT molecular complexity index is 358. The fourth-order valence-corrected chi connectivity index (χ4v) is 1.75. The highest BCUT2D eigenvalue weighted by Crippen LogP contribution is 2.37. The van der Waals surface area contributed by atoms with E-state index in [1.54, 1.807) is 0 Å². The van der Waals surface area contributed by atoms with Crippen molar-refractivity contribution in [3.05, 3.63) is 10.2 Å². The van der Waals surface area contributed by atoms with Gasteiger partial charge in [0.1, 0.15) is 10.2 Å². The van der Waals surface area contributed by atoms with E-state index in [1.807, 2.05) is 20.8 Å². The molecule has 15 heavy (non-hydrogen) atoms. The van der Waals surface area contributed by atoms with E-state index in [4.69, 9.17) is 4.74 Å². The van der Waals surface area contributed by atoms with Gasteiger partial charge in [0.05, 0.1) is 12.6 Å². The van der Waals surface area contributed by atoms with Crippen LogP contribution in [-0.2, 0) is 5.54 Å². The first-order valence-corrected chi connectivity index (χ1v) is 5.19. The number of hydrogen-bond donors (Lipinski definition) is 0. The third-order valence-corrected chi connectivity index (χ3v) is 2.59. The lowest BCUT2D eigenvalue weighted by Gasteiger charge is -2.21. The first-order chi connectivity index (χ1) is 6.79. The number of ether oxygens (including phenoxy) is 1. The second kappa shape index (κ2) is 4.08. The smallest absolute Gasteiger partial charge is 0.283 e. The Hall–Kier alpha value is -0.650. The number of nitrogens with zero attached hydrogens (tertiary/aromatic N) is 2. The van der Waals surface area contributed by atoms with Crippen molar-refractivity contribution in [3.8, 4) is 5.88 Å². The summed E-state index contributed by atoms with van der Waals surface area (Å²) in [5.74, 6) is 0.317. The Morgan fingerprint density at radius 3 is 2.20 bits per heavy atom. The van der Waals surface area contributed by atoms with Gasteiger partial charge in [-0.05, 0) is 36.7 Å². The van der Waals surface area contributed by atoms with E-state index in [9.17, 15) is 8.78 Å². The molecule has 3 nitrogen and oxygen atoms in total. The molecule has 0 amide bonds. The molecule has 0 radical (unpaired) electrons. The minimum atomic E-state index is -2.61. The molecular formula is C9H13BrF2N2O. The van der Waals surface area contributed by atoms with Crippen LogP contribution in [0.1, 0.15) is 32.9 Å². The quantitative estimate of drug-likeness (QED) is 0.832. The first-order valence-electron chi connectivity index (χ1n) is 4.40. The highest BCUT2D eigenvalue weighted by Gasteiger charge is 2.28. The molecule has 0 unspecified atom stereocenters. The average Bonchev–Trinajstić information content (AvgIpc) is 2.41. The summed E-state index contributed by atoms with van der Waals surface area (Å²) in [6.07, 6.45) is -2.61. The molecule has 0 bridgehead atoms. The molecule has 0 aliphatic carbocycles. The molecule has 6 heteroatoms. The van der Waals surface area contributed by atoms with Gasteiger partial charge in [-0.1, -0.05) is 0 Å². The van der Waals surface area contributed by atoms with Crippen molar-refractivity contribution in [2.24, 2.45) is 0 Å². The second-order valence-corrected chi connectivity index (χ2v) is 4.88. The van der Waals surface area contributed by atoms with Crippen molar-refractivity contribution in [2.45, 2.75) is 32.7 Å². The van der Waals surface area contributed by atoms with Crippen LogP contribution in [-0.4, -0.2) is 16.9 Å². The monoisotopic (exact) mass is 282 g/mol. The van der Waals surface area contributed by atoms with E-state index in [1.165, 1.54) is 11.8 Å². The van der Waals surface area contributed by atoms with Crippen LogP contribution in [0, 0.1) is 0 Å². The van der Waals surface area contributed by atoms with Crippen LogP contribution < -0.4 is 4.74 Å². The Balaban J connectivity index is 3.35. The van der Waals surface area contributed by atoms with Crippen LogP contribution in [0.15, 0.2) is 4.47 Å². The van der Waals surface area contributed by atoms with E-state index in [-0.39, 0.29) is 10.2 Å². The van der Waals surface area contributed by atoms with Gasteiger partial charge in [-0.25, -0.2) is 13.5 Å². The normalized spacial score (nSPS) is 12.3. The van der Waals surface area contributed by atoms with Gasteiger partial charge in [-0.3, -0.25) is 0 Å². The third kappa shape index (κ3) is 2.30. The molecule has 1 aromatic heterocycles. The number of alkyl halides is 2. The van der Waals surface area contributed by atoms with Gasteiger partial charge in [0.2, 0.25) is 5.88 Å². The van der Waals surface area contributed by atoms with Crippen LogP contribution in [0.25, 0.3) is 0 Å². The molecular weight excluding hydrogens is 270 g/mol. The molecule has 0 aliphatic heterocycles. The lowest BCUT2D eigenvalue weighted by Crippen LogP contribution is -2.24. The number of methoxy groups -OCH3 is 1. The Morgan fingerprint density at radius 1 is 1.40 bits per heavy atom. The molecule has 0 saturated heterocycles. The summed E-state index contributed by atoms with van der Waals surface area (Å²) in [4.78, 5) is 0. The molecule has 0 atom stereocenters. The van der Waals surface area contributed by atoms with Gasteiger partial charge in [-0.15, -0.1) is 0 Å². The zero-order chi connectivity index (χ0) is 11.8. The fraction of sp³-hybridized carbons (Fsp3) is 0.667. The first kappa shape index (κ1) is 12.4. The Morgan fingerprint density at radius 2 is 1.93 bits per heavy atom. The molecule has 0 fully saturated rings. The van der Waals surface area contributed by atoms with Crippen LogP contribution in [0.5, 0.6) is 5.88 Å². The van der Waals surface area contributed by atoms with Crippen LogP contribution in [0.3, 0.4) is 0 Å². The van der Waals surface area contributed by atoms with Crippen LogP contribution >= 0.6 is 15.9 Å². The van der Waals surface area contributed by atoms with Crippen molar-refractivity contribution in [1.82, 2.24) is 9.78 Å². The standard InChI is InChI=1S/C9H13BrF2N2O/c1-9(2,3)14-8(15-4)5(10)6(13-14)7(11)12/h7H,1-4H3. The maximum Gasteiger partial charge on any atom is 0.283 e. The lowest BCUT2D eigenvalue weighted by atomic mass is 10.1. The third-order valence-electron chi connectivity index (χ3n) is 1.85. The number of rotatable bonds is 2. The van der Waals surface area contributed by atoms with Crippen molar-refractivity contribution in [3.63, 3.8) is 0 Å². The Labute approximate surface area is 95.5 Å². The molecule has 1 heterocycles.